The van der Waals surface area contributed by atoms with E-state index < -0.39 is 5.82 Å². The monoisotopic (exact) mass is 320 g/mol. The zero-order valence-corrected chi connectivity index (χ0v) is 13.1. The third-order valence-corrected chi connectivity index (χ3v) is 4.43. The number of amides is 3. The van der Waals surface area contributed by atoms with Gasteiger partial charge >= 0.3 is 6.03 Å². The van der Waals surface area contributed by atoms with Crippen molar-refractivity contribution < 1.29 is 14.0 Å². The number of nitrogens with zero attached hydrogens (tertiary/aromatic N) is 2. The predicted octanol–water partition coefficient (Wildman–Crippen LogP) is 1.18. The van der Waals surface area contributed by atoms with E-state index in [1.165, 1.54) is 23.1 Å². The van der Waals surface area contributed by atoms with Crippen molar-refractivity contribution in [1.82, 2.24) is 15.5 Å². The van der Waals surface area contributed by atoms with Gasteiger partial charge in [0.15, 0.2) is 0 Å². The van der Waals surface area contributed by atoms with Gasteiger partial charge in [-0.05, 0) is 38.1 Å². The van der Waals surface area contributed by atoms with Crippen LogP contribution in [0.2, 0.25) is 0 Å². The van der Waals surface area contributed by atoms with Crippen LogP contribution in [0.4, 0.5) is 14.9 Å². The van der Waals surface area contributed by atoms with Gasteiger partial charge in [-0.15, -0.1) is 0 Å². The normalized spacial score (nSPS) is 21.0. The number of likely N-dealkylation sites (tertiary alicyclic amines) is 1. The number of hydrogen-bond acceptors (Lipinski definition) is 3. The van der Waals surface area contributed by atoms with E-state index >= 15 is 0 Å². The molecule has 2 saturated heterocycles. The minimum absolute atomic E-state index is 0.0326. The van der Waals surface area contributed by atoms with Gasteiger partial charge in [-0.1, -0.05) is 0 Å². The van der Waals surface area contributed by atoms with Crippen molar-refractivity contribution in [2.24, 2.45) is 0 Å². The molecule has 0 aromatic heterocycles. The number of likely N-dealkylation sites (N-methyl/N-ethyl adjacent to an activating group) is 1. The van der Waals surface area contributed by atoms with Crippen LogP contribution in [0.25, 0.3) is 0 Å². The van der Waals surface area contributed by atoms with E-state index in [0.29, 0.717) is 31.9 Å². The van der Waals surface area contributed by atoms with Crippen molar-refractivity contribution in [2.45, 2.75) is 18.9 Å². The molecule has 0 radical (unpaired) electrons. The number of benzene rings is 1. The van der Waals surface area contributed by atoms with E-state index in [9.17, 15) is 14.0 Å². The van der Waals surface area contributed by atoms with Crippen molar-refractivity contribution in [3.05, 3.63) is 29.6 Å². The average Bonchev–Trinajstić information content (AvgIpc) is 3.17. The van der Waals surface area contributed by atoms with Gasteiger partial charge < -0.3 is 15.5 Å². The van der Waals surface area contributed by atoms with Crippen LogP contribution >= 0.6 is 0 Å². The van der Waals surface area contributed by atoms with Gasteiger partial charge in [0.05, 0.1) is 5.56 Å². The molecule has 0 spiro atoms. The standard InChI is InChI=1S/C16H21FN4O2/c1-18-10-12-3-2-7-20(12)15(22)13-9-11(4-5-14(13)17)21-8-6-19-16(21)23/h4-5,9,12,18H,2-3,6-8,10H2,1H3,(H,19,23). The fraction of sp³-hybridized carbons (Fsp3) is 0.500. The summed E-state index contributed by atoms with van der Waals surface area (Å²) < 4.78 is 14.2. The molecule has 1 aromatic rings. The molecule has 3 rings (SSSR count). The molecule has 7 heteroatoms. The number of nitrogens with one attached hydrogen (secondary N) is 2. The lowest BCUT2D eigenvalue weighted by atomic mass is 10.1. The van der Waals surface area contributed by atoms with Gasteiger partial charge in [-0.2, -0.15) is 0 Å². The lowest BCUT2D eigenvalue weighted by Gasteiger charge is -2.25. The average molecular weight is 320 g/mol. The molecular weight excluding hydrogens is 299 g/mol. The topological polar surface area (TPSA) is 64.7 Å². The van der Waals surface area contributed by atoms with E-state index in [2.05, 4.69) is 10.6 Å². The molecular formula is C16H21FN4O2. The molecule has 0 saturated carbocycles. The maximum absolute atomic E-state index is 14.2. The smallest absolute Gasteiger partial charge is 0.321 e. The second kappa shape index (κ2) is 6.54. The Bertz CT molecular complexity index is 622. The molecule has 0 bridgehead atoms. The maximum atomic E-state index is 14.2. The first-order chi connectivity index (χ1) is 11.1. The number of hydrogen-bond donors (Lipinski definition) is 2. The molecule has 1 aromatic carbocycles. The first-order valence-corrected chi connectivity index (χ1v) is 7.92. The highest BCUT2D eigenvalue weighted by Gasteiger charge is 2.31. The van der Waals surface area contributed by atoms with Crippen LogP contribution in [0.15, 0.2) is 18.2 Å². The van der Waals surface area contributed by atoms with Crippen LogP contribution in [0.1, 0.15) is 23.2 Å². The lowest BCUT2D eigenvalue weighted by molar-refractivity contribution is 0.0732. The number of carbonyl (C=O) groups excluding carboxylic acids is 2. The minimum Gasteiger partial charge on any atom is -0.336 e. The summed E-state index contributed by atoms with van der Waals surface area (Å²) in [4.78, 5) is 27.7. The minimum atomic E-state index is -0.548. The predicted molar refractivity (Wildman–Crippen MR) is 85.1 cm³/mol. The third-order valence-electron chi connectivity index (χ3n) is 4.43. The molecule has 3 amide bonds. The summed E-state index contributed by atoms with van der Waals surface area (Å²) >= 11 is 0. The second-order valence-corrected chi connectivity index (χ2v) is 5.90. The van der Waals surface area contributed by atoms with Gasteiger partial charge in [0.1, 0.15) is 5.82 Å². The fourth-order valence-corrected chi connectivity index (χ4v) is 3.27. The Morgan fingerprint density at radius 3 is 2.96 bits per heavy atom. The SMILES string of the molecule is CNCC1CCCN1C(=O)c1cc(N2CCNC2=O)ccc1F. The number of rotatable bonds is 4. The van der Waals surface area contributed by atoms with Crippen LogP contribution in [0.5, 0.6) is 0 Å². The Balaban J connectivity index is 1.86. The molecule has 2 N–H and O–H groups in total. The van der Waals surface area contributed by atoms with E-state index in [0.717, 1.165) is 12.8 Å². The molecule has 1 unspecified atom stereocenters. The van der Waals surface area contributed by atoms with Gasteiger partial charge in [0.2, 0.25) is 0 Å². The zero-order chi connectivity index (χ0) is 16.4. The Hall–Kier alpha value is -2.15. The second-order valence-electron chi connectivity index (χ2n) is 5.90. The molecule has 2 fully saturated rings. The zero-order valence-electron chi connectivity index (χ0n) is 13.1. The fourth-order valence-electron chi connectivity index (χ4n) is 3.27. The van der Waals surface area contributed by atoms with E-state index in [4.69, 9.17) is 0 Å². The number of anilines is 1. The van der Waals surface area contributed by atoms with Crippen molar-refractivity contribution >= 4 is 17.6 Å². The maximum Gasteiger partial charge on any atom is 0.321 e. The highest BCUT2D eigenvalue weighted by atomic mass is 19.1. The molecule has 2 aliphatic heterocycles. The van der Waals surface area contributed by atoms with Crippen LogP contribution < -0.4 is 15.5 Å². The largest absolute Gasteiger partial charge is 0.336 e. The summed E-state index contributed by atoms with van der Waals surface area (Å²) in [7, 11) is 1.84. The summed E-state index contributed by atoms with van der Waals surface area (Å²) in [5, 5.41) is 5.77. The molecule has 23 heavy (non-hydrogen) atoms. The Kier molecular flexibility index (Phi) is 4.47. The van der Waals surface area contributed by atoms with Gasteiger partial charge in [-0.25, -0.2) is 9.18 Å². The number of urea groups is 1. The quantitative estimate of drug-likeness (QED) is 0.875. The summed E-state index contributed by atoms with van der Waals surface area (Å²) in [6, 6.07) is 4.15. The molecule has 1 atom stereocenters. The van der Waals surface area contributed by atoms with E-state index in [1.807, 2.05) is 7.05 Å². The Morgan fingerprint density at radius 2 is 2.26 bits per heavy atom. The van der Waals surface area contributed by atoms with Crippen molar-refractivity contribution in [2.75, 3.05) is 38.1 Å². The first-order valence-electron chi connectivity index (χ1n) is 7.92. The van der Waals surface area contributed by atoms with Crippen LogP contribution in [-0.2, 0) is 0 Å². The van der Waals surface area contributed by atoms with Crippen molar-refractivity contribution in [3.63, 3.8) is 0 Å². The Labute approximate surface area is 134 Å². The van der Waals surface area contributed by atoms with Gasteiger partial charge in [0.25, 0.3) is 5.91 Å². The molecule has 2 heterocycles. The highest BCUT2D eigenvalue weighted by Crippen LogP contribution is 2.25. The summed E-state index contributed by atoms with van der Waals surface area (Å²) in [6.07, 6.45) is 1.84. The number of carbonyl (C=O) groups is 2. The van der Waals surface area contributed by atoms with E-state index in [1.54, 1.807) is 4.90 Å². The molecule has 6 nitrogen and oxygen atoms in total. The summed E-state index contributed by atoms with van der Waals surface area (Å²) in [5.74, 6) is -0.852. The number of halogens is 1. The molecule has 2 aliphatic rings. The van der Waals surface area contributed by atoms with Crippen LogP contribution in [0, 0.1) is 5.82 Å². The molecule has 124 valence electrons. The van der Waals surface area contributed by atoms with Crippen LogP contribution in [-0.4, -0.2) is 56.1 Å². The lowest BCUT2D eigenvalue weighted by Crippen LogP contribution is -2.41. The van der Waals surface area contributed by atoms with E-state index in [-0.39, 0.29) is 23.5 Å². The Morgan fingerprint density at radius 1 is 1.43 bits per heavy atom. The van der Waals surface area contributed by atoms with Crippen molar-refractivity contribution in [1.29, 1.82) is 0 Å². The van der Waals surface area contributed by atoms with Gasteiger partial charge in [0, 0.05) is 37.9 Å². The summed E-state index contributed by atoms with van der Waals surface area (Å²) in [5.41, 5.74) is 0.583. The van der Waals surface area contributed by atoms with Crippen LogP contribution in [0.3, 0.4) is 0 Å². The highest BCUT2D eigenvalue weighted by molar-refractivity contribution is 5.98. The molecule has 0 aliphatic carbocycles. The van der Waals surface area contributed by atoms with Gasteiger partial charge in [-0.3, -0.25) is 9.69 Å². The van der Waals surface area contributed by atoms with Crippen molar-refractivity contribution in [3.8, 4) is 0 Å². The summed E-state index contributed by atoms with van der Waals surface area (Å²) in [6.45, 7) is 2.40. The first kappa shape index (κ1) is 15.7. The third kappa shape index (κ3) is 3.01.